The predicted molar refractivity (Wildman–Crippen MR) is 76.7 cm³/mol. The summed E-state index contributed by atoms with van der Waals surface area (Å²) in [5.74, 6) is 1.28. The third-order valence-corrected chi connectivity index (χ3v) is 5.35. The molecule has 0 atom stereocenters. The van der Waals surface area contributed by atoms with E-state index in [1.54, 1.807) is 6.92 Å². The summed E-state index contributed by atoms with van der Waals surface area (Å²) in [5, 5.41) is 0. The zero-order valence-corrected chi connectivity index (χ0v) is 12.9. The Morgan fingerprint density at radius 3 is 2.65 bits per heavy atom. The summed E-state index contributed by atoms with van der Waals surface area (Å²) in [7, 11) is -1.42. The van der Waals surface area contributed by atoms with Crippen molar-refractivity contribution in [3.8, 4) is 0 Å². The maximum atomic E-state index is 12.3. The van der Waals surface area contributed by atoms with Gasteiger partial charge in [-0.15, -0.1) is 0 Å². The molecule has 1 aromatic rings. The Balaban J connectivity index is 1.98. The Morgan fingerprint density at radius 2 is 2.10 bits per heavy atom. The lowest BCUT2D eigenvalue weighted by Crippen LogP contribution is -2.36. The average molecular weight is 301 g/mol. The third kappa shape index (κ3) is 3.60. The van der Waals surface area contributed by atoms with Gasteiger partial charge in [-0.05, 0) is 45.8 Å². The highest BCUT2D eigenvalue weighted by atomic mass is 32.2. The van der Waals surface area contributed by atoms with Crippen LogP contribution < -0.4 is 10.5 Å². The van der Waals surface area contributed by atoms with E-state index in [4.69, 9.17) is 10.2 Å². The first kappa shape index (κ1) is 15.5. The maximum Gasteiger partial charge on any atom is 0.244 e. The first-order valence-electron chi connectivity index (χ1n) is 6.90. The lowest BCUT2D eigenvalue weighted by molar-refractivity contribution is 0.220. The Morgan fingerprint density at radius 1 is 1.45 bits per heavy atom. The largest absolute Gasteiger partial charge is 0.464 e. The number of nitrogens with two attached hydrogens (primary N) is 1. The molecule has 0 spiro atoms. The standard InChI is InChI=1S/C13H23N3O3S/c1-10-13(7-12(8-14)19-10)20(17,18)15-9-11-3-5-16(2)6-4-11/h7,11,15H,3-6,8-9,14H2,1-2H3. The molecule has 20 heavy (non-hydrogen) atoms. The van der Waals surface area contributed by atoms with Crippen molar-refractivity contribution in [2.75, 3.05) is 26.7 Å². The monoisotopic (exact) mass is 301 g/mol. The number of likely N-dealkylation sites (tertiary alicyclic amines) is 1. The fourth-order valence-electron chi connectivity index (χ4n) is 2.46. The van der Waals surface area contributed by atoms with Crippen LogP contribution in [-0.4, -0.2) is 40.0 Å². The summed E-state index contributed by atoms with van der Waals surface area (Å²) in [4.78, 5) is 2.46. The van der Waals surface area contributed by atoms with Crippen molar-refractivity contribution in [3.05, 3.63) is 17.6 Å². The molecule has 1 aliphatic rings. The normalized spacial score (nSPS) is 18.6. The Kier molecular flexibility index (Phi) is 4.85. The zero-order valence-electron chi connectivity index (χ0n) is 12.1. The average Bonchev–Trinajstić information content (AvgIpc) is 2.80. The summed E-state index contributed by atoms with van der Waals surface area (Å²) in [5.41, 5.74) is 5.47. The second-order valence-corrected chi connectivity index (χ2v) is 7.17. The lowest BCUT2D eigenvalue weighted by atomic mass is 9.98. The Bertz CT molecular complexity index is 545. The van der Waals surface area contributed by atoms with Gasteiger partial charge >= 0.3 is 0 Å². The molecule has 6 nitrogen and oxygen atoms in total. The van der Waals surface area contributed by atoms with Gasteiger partial charge < -0.3 is 15.1 Å². The molecule has 1 fully saturated rings. The highest BCUT2D eigenvalue weighted by molar-refractivity contribution is 7.89. The third-order valence-electron chi connectivity index (χ3n) is 3.81. The van der Waals surface area contributed by atoms with Crippen LogP contribution in [0.4, 0.5) is 0 Å². The summed E-state index contributed by atoms with van der Waals surface area (Å²) in [6.45, 7) is 4.37. The quantitative estimate of drug-likeness (QED) is 0.834. The van der Waals surface area contributed by atoms with E-state index in [0.29, 0.717) is 24.0 Å². The van der Waals surface area contributed by atoms with E-state index in [9.17, 15) is 8.42 Å². The van der Waals surface area contributed by atoms with Crippen LogP contribution in [0.5, 0.6) is 0 Å². The molecular formula is C13H23N3O3S. The van der Waals surface area contributed by atoms with Crippen LogP contribution in [-0.2, 0) is 16.6 Å². The number of piperidine rings is 1. The van der Waals surface area contributed by atoms with Gasteiger partial charge in [-0.2, -0.15) is 0 Å². The van der Waals surface area contributed by atoms with Gasteiger partial charge in [-0.1, -0.05) is 0 Å². The zero-order chi connectivity index (χ0) is 14.8. The summed E-state index contributed by atoms with van der Waals surface area (Å²) < 4.78 is 32.5. The van der Waals surface area contributed by atoms with Crippen LogP contribution in [0, 0.1) is 12.8 Å². The van der Waals surface area contributed by atoms with Crippen molar-refractivity contribution in [3.63, 3.8) is 0 Å². The van der Waals surface area contributed by atoms with Gasteiger partial charge in [0, 0.05) is 12.6 Å². The van der Waals surface area contributed by atoms with Crippen LogP contribution in [0.3, 0.4) is 0 Å². The van der Waals surface area contributed by atoms with Gasteiger partial charge in [-0.25, -0.2) is 13.1 Å². The highest BCUT2D eigenvalue weighted by Crippen LogP contribution is 2.21. The van der Waals surface area contributed by atoms with E-state index in [0.717, 1.165) is 25.9 Å². The highest BCUT2D eigenvalue weighted by Gasteiger charge is 2.23. The molecule has 0 aromatic carbocycles. The van der Waals surface area contributed by atoms with E-state index in [2.05, 4.69) is 16.7 Å². The second kappa shape index (κ2) is 6.26. The minimum Gasteiger partial charge on any atom is -0.464 e. The van der Waals surface area contributed by atoms with Crippen LogP contribution in [0.25, 0.3) is 0 Å². The van der Waals surface area contributed by atoms with E-state index < -0.39 is 10.0 Å². The molecule has 0 bridgehead atoms. The fraction of sp³-hybridized carbons (Fsp3) is 0.692. The van der Waals surface area contributed by atoms with E-state index >= 15 is 0 Å². The Labute approximate surface area is 120 Å². The number of rotatable bonds is 5. The molecule has 0 saturated carbocycles. The van der Waals surface area contributed by atoms with Crippen molar-refractivity contribution in [2.45, 2.75) is 31.2 Å². The maximum absolute atomic E-state index is 12.3. The van der Waals surface area contributed by atoms with Crippen LogP contribution in [0.15, 0.2) is 15.4 Å². The van der Waals surface area contributed by atoms with E-state index in [1.807, 2.05) is 0 Å². The number of aryl methyl sites for hydroxylation is 1. The molecule has 1 aliphatic heterocycles. The minimum atomic E-state index is -3.51. The van der Waals surface area contributed by atoms with Gasteiger partial charge in [0.25, 0.3) is 0 Å². The molecule has 1 saturated heterocycles. The number of sulfonamides is 1. The molecule has 7 heteroatoms. The van der Waals surface area contributed by atoms with Crippen LogP contribution in [0.1, 0.15) is 24.4 Å². The molecule has 114 valence electrons. The first-order valence-corrected chi connectivity index (χ1v) is 8.38. The first-order chi connectivity index (χ1) is 9.42. The van der Waals surface area contributed by atoms with E-state index in [-0.39, 0.29) is 11.4 Å². The number of furan rings is 1. The molecular weight excluding hydrogens is 278 g/mol. The number of hydrogen-bond donors (Lipinski definition) is 2. The number of hydrogen-bond acceptors (Lipinski definition) is 5. The second-order valence-electron chi connectivity index (χ2n) is 5.44. The molecule has 1 aromatic heterocycles. The summed E-state index contributed by atoms with van der Waals surface area (Å²) in [6.07, 6.45) is 2.05. The summed E-state index contributed by atoms with van der Waals surface area (Å²) in [6, 6.07) is 1.51. The van der Waals surface area contributed by atoms with Crippen molar-refractivity contribution < 1.29 is 12.8 Å². The molecule has 2 heterocycles. The van der Waals surface area contributed by atoms with Gasteiger partial charge in [0.15, 0.2) is 0 Å². The van der Waals surface area contributed by atoms with Gasteiger partial charge in [0.2, 0.25) is 10.0 Å². The molecule has 0 unspecified atom stereocenters. The topological polar surface area (TPSA) is 88.6 Å². The van der Waals surface area contributed by atoms with Crippen molar-refractivity contribution in [1.29, 1.82) is 0 Å². The van der Waals surface area contributed by atoms with Gasteiger partial charge in [0.05, 0.1) is 6.54 Å². The number of nitrogens with zero attached hydrogens (tertiary/aromatic N) is 1. The molecule has 0 amide bonds. The predicted octanol–water partition coefficient (Wildman–Crippen LogP) is 0.667. The minimum absolute atomic E-state index is 0.200. The Hall–Kier alpha value is -0.890. The van der Waals surface area contributed by atoms with Crippen molar-refractivity contribution >= 4 is 10.0 Å². The lowest BCUT2D eigenvalue weighted by Gasteiger charge is -2.28. The number of nitrogens with one attached hydrogen (secondary N) is 1. The van der Waals surface area contributed by atoms with Gasteiger partial charge in [0.1, 0.15) is 16.4 Å². The molecule has 2 rings (SSSR count). The molecule has 0 radical (unpaired) electrons. The van der Waals surface area contributed by atoms with Crippen molar-refractivity contribution in [2.24, 2.45) is 11.7 Å². The fourth-order valence-corrected chi connectivity index (χ4v) is 3.78. The summed E-state index contributed by atoms with van der Waals surface area (Å²) >= 11 is 0. The molecule has 0 aliphatic carbocycles. The van der Waals surface area contributed by atoms with Gasteiger partial charge in [-0.3, -0.25) is 0 Å². The molecule has 3 N–H and O–H groups in total. The smallest absolute Gasteiger partial charge is 0.244 e. The van der Waals surface area contributed by atoms with E-state index in [1.165, 1.54) is 6.07 Å². The van der Waals surface area contributed by atoms with Crippen LogP contribution >= 0.6 is 0 Å². The van der Waals surface area contributed by atoms with Crippen LogP contribution in [0.2, 0.25) is 0 Å². The van der Waals surface area contributed by atoms with Crippen molar-refractivity contribution in [1.82, 2.24) is 9.62 Å². The SMILES string of the molecule is Cc1oc(CN)cc1S(=O)(=O)NCC1CCN(C)CC1.